The molecule has 0 aliphatic heterocycles. The Morgan fingerprint density at radius 2 is 1.87 bits per heavy atom. The Hall–Kier alpha value is -2.94. The van der Waals surface area contributed by atoms with Gasteiger partial charge in [0.05, 0.1) is 11.1 Å². The first kappa shape index (κ1) is 22.7. The van der Waals surface area contributed by atoms with Crippen molar-refractivity contribution < 1.29 is 9.18 Å². The number of amides is 1. The molecule has 1 aromatic carbocycles. The quantitative estimate of drug-likeness (QED) is 0.540. The maximum atomic E-state index is 13.0. The van der Waals surface area contributed by atoms with E-state index in [2.05, 4.69) is 17.2 Å². The van der Waals surface area contributed by atoms with Crippen molar-refractivity contribution in [2.45, 2.75) is 37.6 Å². The molecule has 2 heterocycles. The zero-order valence-corrected chi connectivity index (χ0v) is 18.6. The fourth-order valence-electron chi connectivity index (χ4n) is 3.24. The van der Waals surface area contributed by atoms with Crippen LogP contribution in [-0.4, -0.2) is 25.8 Å². The summed E-state index contributed by atoms with van der Waals surface area (Å²) in [6, 6.07) is 5.93. The molecule has 1 N–H and O–H groups in total. The number of nitrogens with one attached hydrogen (secondary N) is 1. The maximum Gasteiger partial charge on any atom is 0.332 e. The minimum atomic E-state index is -0.445. The summed E-state index contributed by atoms with van der Waals surface area (Å²) in [6.07, 6.45) is 4.32. The minimum Gasteiger partial charge on any atom is -0.351 e. The number of rotatable bonds is 8. The zero-order chi connectivity index (χ0) is 22.5. The highest BCUT2D eigenvalue weighted by atomic mass is 32.2. The van der Waals surface area contributed by atoms with Gasteiger partial charge in [-0.15, -0.1) is 11.8 Å². The Morgan fingerprint density at radius 1 is 1.16 bits per heavy atom. The predicted octanol–water partition coefficient (Wildman–Crippen LogP) is 2.52. The molecular formula is C22H25FN4O3S. The van der Waals surface area contributed by atoms with Crippen LogP contribution in [0.4, 0.5) is 4.39 Å². The fraction of sp³-hybridized carbons (Fsp3) is 0.364. The summed E-state index contributed by atoms with van der Waals surface area (Å²) in [5.74, 6) is -0.432. The second-order valence-electron chi connectivity index (χ2n) is 7.31. The van der Waals surface area contributed by atoms with Crippen molar-refractivity contribution in [2.75, 3.05) is 5.75 Å². The molecule has 3 aromatic rings. The lowest BCUT2D eigenvalue weighted by Crippen LogP contribution is -2.37. The molecule has 0 aliphatic carbocycles. The van der Waals surface area contributed by atoms with E-state index in [0.717, 1.165) is 35.0 Å². The summed E-state index contributed by atoms with van der Waals surface area (Å²) in [5.41, 5.74) is 1.13. The van der Waals surface area contributed by atoms with Gasteiger partial charge in [-0.05, 0) is 36.1 Å². The summed E-state index contributed by atoms with van der Waals surface area (Å²) >= 11 is 1.27. The van der Waals surface area contributed by atoms with Crippen LogP contribution in [0.5, 0.6) is 0 Å². The van der Waals surface area contributed by atoms with Crippen LogP contribution < -0.4 is 16.6 Å². The van der Waals surface area contributed by atoms with E-state index in [1.165, 1.54) is 35.5 Å². The lowest BCUT2D eigenvalue weighted by Gasteiger charge is -2.14. The van der Waals surface area contributed by atoms with Gasteiger partial charge >= 0.3 is 5.69 Å². The number of fused-ring (bicyclic) bond motifs is 1. The van der Waals surface area contributed by atoms with Crippen LogP contribution in [0.2, 0.25) is 0 Å². The molecule has 0 saturated heterocycles. The number of aryl methyl sites for hydroxylation is 2. The van der Waals surface area contributed by atoms with Crippen LogP contribution in [0.3, 0.4) is 0 Å². The zero-order valence-electron chi connectivity index (χ0n) is 17.8. The predicted molar refractivity (Wildman–Crippen MR) is 120 cm³/mol. The van der Waals surface area contributed by atoms with Crippen molar-refractivity contribution in [1.29, 1.82) is 0 Å². The SMILES string of the molecule is CCCCc1cnc2c(c1SCC(=O)NCc1ccc(F)cc1)c(=O)n(C)c(=O)n2C. The lowest BCUT2D eigenvalue weighted by molar-refractivity contribution is -0.118. The Morgan fingerprint density at radius 3 is 2.55 bits per heavy atom. The van der Waals surface area contributed by atoms with E-state index in [4.69, 9.17) is 0 Å². The number of thioether (sulfide) groups is 1. The van der Waals surface area contributed by atoms with Crippen LogP contribution in [0.15, 0.2) is 44.9 Å². The Labute approximate surface area is 183 Å². The van der Waals surface area contributed by atoms with Crippen molar-refractivity contribution in [3.63, 3.8) is 0 Å². The van der Waals surface area contributed by atoms with E-state index < -0.39 is 11.2 Å². The number of carbonyl (C=O) groups is 1. The van der Waals surface area contributed by atoms with Gasteiger partial charge in [0.1, 0.15) is 11.5 Å². The van der Waals surface area contributed by atoms with Gasteiger partial charge < -0.3 is 5.32 Å². The molecule has 0 saturated carbocycles. The molecule has 2 aromatic heterocycles. The van der Waals surface area contributed by atoms with Crippen molar-refractivity contribution in [2.24, 2.45) is 14.1 Å². The number of benzene rings is 1. The van der Waals surface area contributed by atoms with Gasteiger partial charge in [0.15, 0.2) is 0 Å². The third kappa shape index (κ3) is 5.04. The van der Waals surface area contributed by atoms with Gasteiger partial charge in [-0.3, -0.25) is 18.7 Å². The highest BCUT2D eigenvalue weighted by molar-refractivity contribution is 8.00. The molecule has 164 valence electrons. The number of pyridine rings is 1. The standard InChI is InChI=1S/C22H25FN4O3S/c1-4-5-6-15-12-25-20-18(21(29)27(3)22(30)26(20)2)19(15)31-13-17(28)24-11-14-7-9-16(23)10-8-14/h7-10,12H,4-6,11,13H2,1-3H3,(H,24,28). The molecule has 0 bridgehead atoms. The van der Waals surface area contributed by atoms with Gasteiger partial charge in [-0.2, -0.15) is 0 Å². The lowest BCUT2D eigenvalue weighted by atomic mass is 10.1. The molecule has 3 rings (SSSR count). The van der Waals surface area contributed by atoms with Gasteiger partial charge in [-0.25, -0.2) is 14.2 Å². The highest BCUT2D eigenvalue weighted by Gasteiger charge is 2.18. The maximum absolute atomic E-state index is 13.0. The third-order valence-electron chi connectivity index (χ3n) is 5.05. The number of halogens is 1. The first-order chi connectivity index (χ1) is 14.8. The van der Waals surface area contributed by atoms with Gasteiger partial charge in [0, 0.05) is 31.7 Å². The van der Waals surface area contributed by atoms with Crippen molar-refractivity contribution >= 4 is 28.7 Å². The highest BCUT2D eigenvalue weighted by Crippen LogP contribution is 2.29. The van der Waals surface area contributed by atoms with E-state index in [-0.39, 0.29) is 24.0 Å². The van der Waals surface area contributed by atoms with Crippen LogP contribution >= 0.6 is 11.8 Å². The molecule has 0 radical (unpaired) electrons. The monoisotopic (exact) mass is 444 g/mol. The molecule has 7 nitrogen and oxygen atoms in total. The molecule has 31 heavy (non-hydrogen) atoms. The second-order valence-corrected chi connectivity index (χ2v) is 8.30. The average molecular weight is 445 g/mol. The number of nitrogens with zero attached hydrogens (tertiary/aromatic N) is 3. The van der Waals surface area contributed by atoms with Crippen LogP contribution in [0, 0.1) is 5.82 Å². The van der Waals surface area contributed by atoms with Crippen LogP contribution in [0.1, 0.15) is 30.9 Å². The van der Waals surface area contributed by atoms with E-state index in [1.54, 1.807) is 25.4 Å². The van der Waals surface area contributed by atoms with Crippen molar-refractivity contribution in [3.05, 3.63) is 68.2 Å². The summed E-state index contributed by atoms with van der Waals surface area (Å²) in [4.78, 5) is 42.7. The normalized spacial score (nSPS) is 11.1. The number of hydrogen-bond acceptors (Lipinski definition) is 5. The summed E-state index contributed by atoms with van der Waals surface area (Å²) in [6.45, 7) is 2.36. The molecule has 0 atom stereocenters. The van der Waals surface area contributed by atoms with Crippen LogP contribution in [-0.2, 0) is 31.9 Å². The van der Waals surface area contributed by atoms with Crippen molar-refractivity contribution in [3.8, 4) is 0 Å². The average Bonchev–Trinajstić information content (AvgIpc) is 2.77. The van der Waals surface area contributed by atoms with E-state index in [9.17, 15) is 18.8 Å². The fourth-order valence-corrected chi connectivity index (χ4v) is 4.28. The number of unbranched alkanes of at least 4 members (excludes halogenated alkanes) is 1. The van der Waals surface area contributed by atoms with Crippen LogP contribution in [0.25, 0.3) is 11.0 Å². The molecule has 0 spiro atoms. The van der Waals surface area contributed by atoms with Gasteiger partial charge in [0.2, 0.25) is 5.91 Å². The summed E-state index contributed by atoms with van der Waals surface area (Å²) in [7, 11) is 3.01. The Kier molecular flexibility index (Phi) is 7.27. The first-order valence-electron chi connectivity index (χ1n) is 10.0. The van der Waals surface area contributed by atoms with Crippen molar-refractivity contribution in [1.82, 2.24) is 19.4 Å². The second kappa shape index (κ2) is 9.91. The first-order valence-corrected chi connectivity index (χ1v) is 11.0. The van der Waals surface area contributed by atoms with E-state index >= 15 is 0 Å². The number of carbonyl (C=O) groups excluding carboxylic acids is 1. The summed E-state index contributed by atoms with van der Waals surface area (Å²) in [5, 5.41) is 3.17. The summed E-state index contributed by atoms with van der Waals surface area (Å²) < 4.78 is 15.4. The molecule has 0 fully saturated rings. The largest absolute Gasteiger partial charge is 0.351 e. The Bertz CT molecular complexity index is 1220. The molecule has 0 aliphatic rings. The van der Waals surface area contributed by atoms with Gasteiger partial charge in [-0.1, -0.05) is 25.5 Å². The molecule has 0 unspecified atom stereocenters. The molecule has 1 amide bonds. The number of aromatic nitrogens is 3. The number of hydrogen-bond donors (Lipinski definition) is 1. The minimum absolute atomic E-state index is 0.103. The molecule has 9 heteroatoms. The Balaban J connectivity index is 1.88. The third-order valence-corrected chi connectivity index (χ3v) is 6.21. The van der Waals surface area contributed by atoms with Gasteiger partial charge in [0.25, 0.3) is 5.56 Å². The molecular weight excluding hydrogens is 419 g/mol. The smallest absolute Gasteiger partial charge is 0.332 e. The van der Waals surface area contributed by atoms with E-state index in [1.807, 2.05) is 0 Å². The van der Waals surface area contributed by atoms with E-state index in [0.29, 0.717) is 15.9 Å². The topological polar surface area (TPSA) is 86.0 Å².